The van der Waals surface area contributed by atoms with Gasteiger partial charge in [-0.25, -0.2) is 0 Å². The van der Waals surface area contributed by atoms with Crippen molar-refractivity contribution in [1.29, 1.82) is 0 Å². The number of phenols is 1. The van der Waals surface area contributed by atoms with E-state index in [2.05, 4.69) is 45.5 Å². The highest BCUT2D eigenvalue weighted by Crippen LogP contribution is 2.20. The fraction of sp³-hybridized carbons (Fsp3) is 0.529. The maximum Gasteiger partial charge on any atom is 0.146 e. The summed E-state index contributed by atoms with van der Waals surface area (Å²) in [6.07, 6.45) is 0. The molecule has 23 heavy (non-hydrogen) atoms. The molecule has 0 bridgehead atoms. The zero-order chi connectivity index (χ0) is 16.4. The number of benzene rings is 1. The molecule has 1 fully saturated rings. The molecule has 2 aromatic rings. The molecule has 0 atom stereocenters. The van der Waals surface area contributed by atoms with Gasteiger partial charge in [-0.1, -0.05) is 13.8 Å². The average Bonchev–Trinajstić information content (AvgIpc) is 2.90. The van der Waals surface area contributed by atoms with Crippen LogP contribution in [-0.4, -0.2) is 50.9 Å². The summed E-state index contributed by atoms with van der Waals surface area (Å²) in [4.78, 5) is 4.77. The molecule has 0 unspecified atom stereocenters. The molecule has 1 aliphatic heterocycles. The average molecular weight is 315 g/mol. The molecule has 3 rings (SSSR count). The Balaban J connectivity index is 1.58. The Bertz CT molecular complexity index is 642. The molecule has 1 saturated heterocycles. The largest absolute Gasteiger partial charge is 0.508 e. The summed E-state index contributed by atoms with van der Waals surface area (Å²) in [7, 11) is 2.05. The Labute approximate surface area is 137 Å². The van der Waals surface area contributed by atoms with Crippen molar-refractivity contribution in [3.63, 3.8) is 0 Å². The summed E-state index contributed by atoms with van der Waals surface area (Å²) in [5, 5.41) is 18.0. The van der Waals surface area contributed by atoms with Crippen LogP contribution >= 0.6 is 0 Å². The summed E-state index contributed by atoms with van der Waals surface area (Å²) in [6, 6.07) is 7.44. The first-order valence-electron chi connectivity index (χ1n) is 8.19. The lowest BCUT2D eigenvalue weighted by atomic mass is 10.2. The van der Waals surface area contributed by atoms with Gasteiger partial charge in [0.2, 0.25) is 0 Å². The number of piperazine rings is 1. The number of aromatic hydroxyl groups is 1. The van der Waals surface area contributed by atoms with E-state index in [1.807, 2.05) is 12.1 Å². The van der Waals surface area contributed by atoms with E-state index in [1.165, 1.54) is 5.69 Å². The van der Waals surface area contributed by atoms with E-state index in [1.54, 1.807) is 12.1 Å². The highest BCUT2D eigenvalue weighted by molar-refractivity contribution is 5.49. The van der Waals surface area contributed by atoms with E-state index >= 15 is 0 Å². The van der Waals surface area contributed by atoms with Crippen molar-refractivity contribution in [2.24, 2.45) is 7.05 Å². The highest BCUT2D eigenvalue weighted by atomic mass is 16.3. The van der Waals surface area contributed by atoms with Gasteiger partial charge in [-0.05, 0) is 24.3 Å². The van der Waals surface area contributed by atoms with Crippen molar-refractivity contribution in [3.05, 3.63) is 35.9 Å². The van der Waals surface area contributed by atoms with Gasteiger partial charge in [0.05, 0.1) is 6.54 Å². The number of phenolic OH excluding ortho intramolecular Hbond substituents is 1. The summed E-state index contributed by atoms with van der Waals surface area (Å²) >= 11 is 0. The van der Waals surface area contributed by atoms with Crippen LogP contribution in [0.4, 0.5) is 5.69 Å². The number of nitrogens with zero attached hydrogens (tertiary/aromatic N) is 5. The number of rotatable bonds is 4. The van der Waals surface area contributed by atoms with Crippen molar-refractivity contribution in [2.75, 3.05) is 31.1 Å². The maximum atomic E-state index is 9.39. The third kappa shape index (κ3) is 3.47. The molecule has 0 amide bonds. The lowest BCUT2D eigenvalue weighted by molar-refractivity contribution is 0.241. The van der Waals surface area contributed by atoms with Gasteiger partial charge in [0.15, 0.2) is 0 Å². The molecule has 0 saturated carbocycles. The monoisotopic (exact) mass is 315 g/mol. The van der Waals surface area contributed by atoms with Crippen molar-refractivity contribution < 1.29 is 5.11 Å². The lowest BCUT2D eigenvalue weighted by Gasteiger charge is -2.35. The van der Waals surface area contributed by atoms with Crippen molar-refractivity contribution in [2.45, 2.75) is 26.3 Å². The normalized spacial score (nSPS) is 16.3. The molecule has 1 aromatic heterocycles. The highest BCUT2D eigenvalue weighted by Gasteiger charge is 2.20. The fourth-order valence-electron chi connectivity index (χ4n) is 3.04. The van der Waals surface area contributed by atoms with E-state index in [0.29, 0.717) is 11.7 Å². The molecule has 1 aliphatic rings. The molecule has 0 aliphatic carbocycles. The van der Waals surface area contributed by atoms with Crippen LogP contribution in [0.15, 0.2) is 24.3 Å². The summed E-state index contributed by atoms with van der Waals surface area (Å²) in [5.41, 5.74) is 1.17. The molecular formula is C17H25N5O. The predicted octanol–water partition coefficient (Wildman–Crippen LogP) is 1.97. The molecule has 6 nitrogen and oxygen atoms in total. The number of anilines is 1. The van der Waals surface area contributed by atoms with Crippen LogP contribution in [0.2, 0.25) is 0 Å². The molecule has 6 heteroatoms. The maximum absolute atomic E-state index is 9.39. The SMILES string of the molecule is CC(C)c1nnc(CN2CCN(c3ccc(O)cc3)CC2)n1C. The second kappa shape index (κ2) is 6.58. The number of aromatic nitrogens is 3. The predicted molar refractivity (Wildman–Crippen MR) is 90.7 cm³/mol. The Hall–Kier alpha value is -2.08. The van der Waals surface area contributed by atoms with Gasteiger partial charge in [0, 0.05) is 44.8 Å². The minimum Gasteiger partial charge on any atom is -0.508 e. The van der Waals surface area contributed by atoms with E-state index < -0.39 is 0 Å². The van der Waals surface area contributed by atoms with Crippen molar-refractivity contribution in [1.82, 2.24) is 19.7 Å². The summed E-state index contributed by atoms with van der Waals surface area (Å²) in [5.74, 6) is 2.79. The van der Waals surface area contributed by atoms with Crippen LogP contribution < -0.4 is 4.90 Å². The number of hydrogen-bond acceptors (Lipinski definition) is 5. The zero-order valence-electron chi connectivity index (χ0n) is 14.1. The quantitative estimate of drug-likeness (QED) is 0.935. The third-order valence-corrected chi connectivity index (χ3v) is 4.47. The summed E-state index contributed by atoms with van der Waals surface area (Å²) in [6.45, 7) is 9.11. The standard InChI is InChI=1S/C17H25N5O/c1-13(2)17-19-18-16(20(17)3)12-21-8-10-22(11-9-21)14-4-6-15(23)7-5-14/h4-7,13,23H,8-12H2,1-3H3. The van der Waals surface area contributed by atoms with E-state index in [-0.39, 0.29) is 0 Å². The van der Waals surface area contributed by atoms with Gasteiger partial charge in [-0.15, -0.1) is 10.2 Å². The van der Waals surface area contributed by atoms with E-state index in [9.17, 15) is 5.11 Å². The third-order valence-electron chi connectivity index (χ3n) is 4.47. The topological polar surface area (TPSA) is 57.4 Å². The van der Waals surface area contributed by atoms with Crippen molar-refractivity contribution in [3.8, 4) is 5.75 Å². The minimum absolute atomic E-state index is 0.315. The van der Waals surface area contributed by atoms with Crippen molar-refractivity contribution >= 4 is 5.69 Å². The van der Waals surface area contributed by atoms with Crippen LogP contribution in [0.5, 0.6) is 5.75 Å². The number of hydrogen-bond donors (Lipinski definition) is 1. The van der Waals surface area contributed by atoms with Crippen LogP contribution in [0, 0.1) is 0 Å². The second-order valence-corrected chi connectivity index (χ2v) is 6.47. The molecule has 0 spiro atoms. The summed E-state index contributed by atoms with van der Waals surface area (Å²) < 4.78 is 2.12. The van der Waals surface area contributed by atoms with Gasteiger partial charge in [0.1, 0.15) is 17.4 Å². The molecule has 2 heterocycles. The first kappa shape index (κ1) is 15.8. The first-order valence-corrected chi connectivity index (χ1v) is 8.19. The van der Waals surface area contributed by atoms with Gasteiger partial charge < -0.3 is 14.6 Å². The molecule has 1 aromatic carbocycles. The first-order chi connectivity index (χ1) is 11.0. The minimum atomic E-state index is 0.315. The fourth-order valence-corrected chi connectivity index (χ4v) is 3.04. The molecular weight excluding hydrogens is 290 g/mol. The Kier molecular flexibility index (Phi) is 4.52. The second-order valence-electron chi connectivity index (χ2n) is 6.47. The van der Waals surface area contributed by atoms with E-state index in [4.69, 9.17) is 0 Å². The van der Waals surface area contributed by atoms with Crippen LogP contribution in [0.1, 0.15) is 31.4 Å². The van der Waals surface area contributed by atoms with Crippen LogP contribution in [0.25, 0.3) is 0 Å². The van der Waals surface area contributed by atoms with Gasteiger partial charge >= 0.3 is 0 Å². The smallest absolute Gasteiger partial charge is 0.146 e. The Morgan fingerprint density at radius 3 is 2.26 bits per heavy atom. The van der Waals surface area contributed by atoms with Gasteiger partial charge in [0.25, 0.3) is 0 Å². The zero-order valence-corrected chi connectivity index (χ0v) is 14.1. The lowest BCUT2D eigenvalue weighted by Crippen LogP contribution is -2.46. The van der Waals surface area contributed by atoms with E-state index in [0.717, 1.165) is 44.4 Å². The van der Waals surface area contributed by atoms with Gasteiger partial charge in [-0.3, -0.25) is 4.90 Å². The van der Waals surface area contributed by atoms with Crippen LogP contribution in [-0.2, 0) is 13.6 Å². The van der Waals surface area contributed by atoms with Gasteiger partial charge in [-0.2, -0.15) is 0 Å². The Morgan fingerprint density at radius 2 is 1.70 bits per heavy atom. The molecule has 1 N–H and O–H groups in total. The Morgan fingerprint density at radius 1 is 1.04 bits per heavy atom. The molecule has 0 radical (unpaired) electrons. The van der Waals surface area contributed by atoms with Crippen LogP contribution in [0.3, 0.4) is 0 Å². The molecule has 124 valence electrons.